The fraction of sp³-hybridized carbons (Fsp3) is 0.316. The quantitative estimate of drug-likeness (QED) is 0.639. The first-order chi connectivity index (χ1) is 12.8. The number of hydrogen-bond acceptors (Lipinski definition) is 4. The number of anilines is 1. The van der Waals surface area contributed by atoms with Gasteiger partial charge >= 0.3 is 0 Å². The maximum absolute atomic E-state index is 12.5. The molecule has 1 atom stereocenters. The molecule has 0 spiro atoms. The molecule has 0 aliphatic rings. The van der Waals surface area contributed by atoms with Gasteiger partial charge < -0.3 is 10.1 Å². The molecule has 1 N–H and O–H groups in total. The number of ether oxygens (including phenoxy) is 1. The molecule has 0 radical (unpaired) electrons. The SMILES string of the molecule is Cc1ccc(OCn2cc(NC(=O)C(C)n3ncc(Br)c3C)cn2)c(C)c1. The number of aromatic nitrogens is 4. The summed E-state index contributed by atoms with van der Waals surface area (Å²) in [5.74, 6) is 0.651. The van der Waals surface area contributed by atoms with Crippen molar-refractivity contribution < 1.29 is 9.53 Å². The van der Waals surface area contributed by atoms with Gasteiger partial charge in [0.1, 0.15) is 11.8 Å². The summed E-state index contributed by atoms with van der Waals surface area (Å²) < 4.78 is 9.98. The molecule has 27 heavy (non-hydrogen) atoms. The zero-order valence-corrected chi connectivity index (χ0v) is 17.3. The van der Waals surface area contributed by atoms with Crippen molar-refractivity contribution in [3.8, 4) is 5.75 Å². The third-order valence-corrected chi connectivity index (χ3v) is 5.09. The topological polar surface area (TPSA) is 74.0 Å². The number of aryl methyl sites for hydroxylation is 2. The monoisotopic (exact) mass is 431 g/mol. The van der Waals surface area contributed by atoms with E-state index in [4.69, 9.17) is 4.74 Å². The van der Waals surface area contributed by atoms with E-state index in [1.165, 1.54) is 5.56 Å². The Bertz CT molecular complexity index is 963. The first-order valence-corrected chi connectivity index (χ1v) is 9.37. The number of hydrogen-bond donors (Lipinski definition) is 1. The Morgan fingerprint density at radius 3 is 2.70 bits per heavy atom. The minimum absolute atomic E-state index is 0.163. The minimum Gasteiger partial charge on any atom is -0.471 e. The average molecular weight is 432 g/mol. The predicted octanol–water partition coefficient (Wildman–Crippen LogP) is 4.00. The average Bonchev–Trinajstić information content (AvgIpc) is 3.20. The third-order valence-electron chi connectivity index (χ3n) is 4.31. The summed E-state index contributed by atoms with van der Waals surface area (Å²) in [6.45, 7) is 8.02. The van der Waals surface area contributed by atoms with Crippen LogP contribution < -0.4 is 10.1 Å². The fourth-order valence-electron chi connectivity index (χ4n) is 2.75. The maximum atomic E-state index is 12.5. The Hall–Kier alpha value is -2.61. The number of rotatable bonds is 6. The Morgan fingerprint density at radius 1 is 1.26 bits per heavy atom. The second-order valence-electron chi connectivity index (χ2n) is 6.50. The largest absolute Gasteiger partial charge is 0.471 e. The molecule has 0 bridgehead atoms. The molecule has 7 nitrogen and oxygen atoms in total. The fourth-order valence-corrected chi connectivity index (χ4v) is 3.02. The molecule has 0 saturated carbocycles. The van der Waals surface area contributed by atoms with Gasteiger partial charge in [-0.05, 0) is 55.3 Å². The van der Waals surface area contributed by atoms with E-state index in [0.717, 1.165) is 21.5 Å². The van der Waals surface area contributed by atoms with Gasteiger partial charge in [0.2, 0.25) is 5.91 Å². The number of amides is 1. The number of halogens is 1. The van der Waals surface area contributed by atoms with Crippen LogP contribution in [0.25, 0.3) is 0 Å². The smallest absolute Gasteiger partial charge is 0.249 e. The second-order valence-corrected chi connectivity index (χ2v) is 7.35. The van der Waals surface area contributed by atoms with Crippen LogP contribution in [0.5, 0.6) is 5.75 Å². The van der Waals surface area contributed by atoms with Crippen LogP contribution in [-0.4, -0.2) is 25.5 Å². The maximum Gasteiger partial charge on any atom is 0.249 e. The van der Waals surface area contributed by atoms with Gasteiger partial charge in [-0.3, -0.25) is 9.48 Å². The summed E-state index contributed by atoms with van der Waals surface area (Å²) in [6.07, 6.45) is 5.02. The molecule has 1 amide bonds. The highest BCUT2D eigenvalue weighted by molar-refractivity contribution is 9.10. The highest BCUT2D eigenvalue weighted by Crippen LogP contribution is 2.21. The number of benzene rings is 1. The van der Waals surface area contributed by atoms with E-state index in [-0.39, 0.29) is 12.6 Å². The summed E-state index contributed by atoms with van der Waals surface area (Å²) in [5.41, 5.74) is 3.78. The molecule has 1 unspecified atom stereocenters. The Kier molecular flexibility index (Phi) is 5.65. The van der Waals surface area contributed by atoms with Crippen molar-refractivity contribution in [2.45, 2.75) is 40.5 Å². The number of carbonyl (C=O) groups is 1. The molecule has 0 fully saturated rings. The van der Waals surface area contributed by atoms with Crippen LogP contribution in [0.1, 0.15) is 29.8 Å². The van der Waals surface area contributed by atoms with Crippen molar-refractivity contribution >= 4 is 27.5 Å². The van der Waals surface area contributed by atoms with Crippen molar-refractivity contribution in [2.24, 2.45) is 0 Å². The van der Waals surface area contributed by atoms with Crippen LogP contribution in [0.3, 0.4) is 0 Å². The van der Waals surface area contributed by atoms with Crippen LogP contribution in [0.15, 0.2) is 41.3 Å². The molecule has 2 heterocycles. The zero-order valence-electron chi connectivity index (χ0n) is 15.7. The van der Waals surface area contributed by atoms with E-state index in [1.54, 1.807) is 34.9 Å². The normalized spacial score (nSPS) is 12.0. The van der Waals surface area contributed by atoms with E-state index < -0.39 is 6.04 Å². The number of nitrogens with one attached hydrogen (secondary N) is 1. The van der Waals surface area contributed by atoms with Crippen molar-refractivity contribution in [2.75, 3.05) is 5.32 Å². The summed E-state index contributed by atoms with van der Waals surface area (Å²) in [7, 11) is 0. The first kappa shape index (κ1) is 19.2. The van der Waals surface area contributed by atoms with Gasteiger partial charge in [0, 0.05) is 0 Å². The summed E-state index contributed by atoms with van der Waals surface area (Å²) in [5, 5.41) is 11.3. The Morgan fingerprint density at radius 2 is 2.04 bits per heavy atom. The third kappa shape index (κ3) is 4.39. The van der Waals surface area contributed by atoms with E-state index >= 15 is 0 Å². The van der Waals surface area contributed by atoms with E-state index in [2.05, 4.69) is 37.5 Å². The van der Waals surface area contributed by atoms with Gasteiger partial charge in [0.05, 0.1) is 34.4 Å². The van der Waals surface area contributed by atoms with Crippen LogP contribution in [-0.2, 0) is 11.5 Å². The highest BCUT2D eigenvalue weighted by Gasteiger charge is 2.19. The molecule has 0 aliphatic carbocycles. The molecule has 3 rings (SSSR count). The lowest BCUT2D eigenvalue weighted by molar-refractivity contribution is -0.119. The lowest BCUT2D eigenvalue weighted by Gasteiger charge is -2.13. The van der Waals surface area contributed by atoms with Crippen molar-refractivity contribution in [3.63, 3.8) is 0 Å². The standard InChI is InChI=1S/C19H22BrN5O2/c1-12-5-6-18(13(2)7-12)27-11-24-10-16(8-21-24)23-19(26)15(4)25-14(3)17(20)9-22-25/h5-10,15H,11H2,1-4H3,(H,23,26). The van der Waals surface area contributed by atoms with Crippen LogP contribution >= 0.6 is 15.9 Å². The van der Waals surface area contributed by atoms with Crippen molar-refractivity contribution in [1.82, 2.24) is 19.6 Å². The van der Waals surface area contributed by atoms with E-state index in [9.17, 15) is 4.79 Å². The van der Waals surface area contributed by atoms with Crippen LogP contribution in [0, 0.1) is 20.8 Å². The second kappa shape index (κ2) is 7.96. The van der Waals surface area contributed by atoms with Gasteiger partial charge in [-0.15, -0.1) is 0 Å². The van der Waals surface area contributed by atoms with E-state index in [0.29, 0.717) is 5.69 Å². The molecule has 8 heteroatoms. The number of nitrogens with zero attached hydrogens (tertiary/aromatic N) is 4. The van der Waals surface area contributed by atoms with E-state index in [1.807, 2.05) is 32.9 Å². The highest BCUT2D eigenvalue weighted by atomic mass is 79.9. The number of carbonyl (C=O) groups excluding carboxylic acids is 1. The predicted molar refractivity (Wildman–Crippen MR) is 107 cm³/mol. The lowest BCUT2D eigenvalue weighted by atomic mass is 10.1. The summed E-state index contributed by atoms with van der Waals surface area (Å²) >= 11 is 3.41. The minimum atomic E-state index is -0.439. The van der Waals surface area contributed by atoms with Gasteiger partial charge in [-0.25, -0.2) is 4.68 Å². The molecule has 142 valence electrons. The van der Waals surface area contributed by atoms with Gasteiger partial charge in [-0.1, -0.05) is 17.7 Å². The molecular weight excluding hydrogens is 410 g/mol. The van der Waals surface area contributed by atoms with Crippen LogP contribution in [0.2, 0.25) is 0 Å². The zero-order chi connectivity index (χ0) is 19.6. The van der Waals surface area contributed by atoms with Gasteiger partial charge in [0.25, 0.3) is 0 Å². The molecular formula is C19H22BrN5O2. The molecule has 0 aliphatic heterocycles. The Balaban J connectivity index is 1.60. The molecule has 1 aromatic carbocycles. The van der Waals surface area contributed by atoms with Crippen molar-refractivity contribution in [3.05, 3.63) is 58.1 Å². The summed E-state index contributed by atoms with van der Waals surface area (Å²) in [4.78, 5) is 12.5. The molecule has 0 saturated heterocycles. The summed E-state index contributed by atoms with van der Waals surface area (Å²) in [6, 6.07) is 5.59. The first-order valence-electron chi connectivity index (χ1n) is 8.58. The van der Waals surface area contributed by atoms with Crippen molar-refractivity contribution in [1.29, 1.82) is 0 Å². The lowest BCUT2D eigenvalue weighted by Crippen LogP contribution is -2.25. The molecule has 2 aromatic heterocycles. The van der Waals surface area contributed by atoms with Gasteiger partial charge in [-0.2, -0.15) is 10.2 Å². The Labute approximate surface area is 166 Å². The van der Waals surface area contributed by atoms with Gasteiger partial charge in [0.15, 0.2) is 6.73 Å². The van der Waals surface area contributed by atoms with Crippen LogP contribution in [0.4, 0.5) is 5.69 Å². The molecule has 3 aromatic rings.